The van der Waals surface area contributed by atoms with Crippen LogP contribution >= 0.6 is 0 Å². The lowest BCUT2D eigenvalue weighted by molar-refractivity contribution is 0.0896. The van der Waals surface area contributed by atoms with Crippen molar-refractivity contribution in [2.24, 2.45) is 5.41 Å². The van der Waals surface area contributed by atoms with Crippen molar-refractivity contribution >= 4 is 16.9 Å². The van der Waals surface area contributed by atoms with Gasteiger partial charge in [0.25, 0.3) is 5.91 Å². The molecule has 0 saturated carbocycles. The Hall–Kier alpha value is -2.53. The second kappa shape index (κ2) is 6.41. The number of furan rings is 2. The molecule has 1 fully saturated rings. The van der Waals surface area contributed by atoms with E-state index in [0.29, 0.717) is 17.9 Å². The molecule has 1 aromatic carbocycles. The third-order valence-corrected chi connectivity index (χ3v) is 5.08. The van der Waals surface area contributed by atoms with Gasteiger partial charge in [-0.2, -0.15) is 0 Å². The molecule has 0 spiro atoms. The van der Waals surface area contributed by atoms with E-state index < -0.39 is 0 Å². The van der Waals surface area contributed by atoms with Gasteiger partial charge in [0.15, 0.2) is 5.76 Å². The van der Waals surface area contributed by atoms with E-state index in [1.807, 2.05) is 24.3 Å². The molecule has 1 amide bonds. The number of benzene rings is 1. The van der Waals surface area contributed by atoms with Crippen molar-refractivity contribution in [2.75, 3.05) is 19.6 Å². The Bertz CT molecular complexity index is 874. The van der Waals surface area contributed by atoms with Gasteiger partial charge < -0.3 is 19.5 Å². The van der Waals surface area contributed by atoms with Gasteiger partial charge in [-0.1, -0.05) is 19.1 Å². The second-order valence-electron chi connectivity index (χ2n) is 7.12. The Labute approximate surface area is 146 Å². The lowest BCUT2D eigenvalue weighted by Crippen LogP contribution is -2.42. The first-order valence-electron chi connectivity index (χ1n) is 8.68. The number of carbonyl (C=O) groups is 1. The van der Waals surface area contributed by atoms with Crippen LogP contribution in [0.3, 0.4) is 0 Å². The van der Waals surface area contributed by atoms with Crippen LogP contribution in [0.5, 0.6) is 0 Å². The van der Waals surface area contributed by atoms with Crippen molar-refractivity contribution in [3.8, 4) is 11.1 Å². The normalized spacial score (nSPS) is 16.8. The highest BCUT2D eigenvalue weighted by Crippen LogP contribution is 2.28. The van der Waals surface area contributed by atoms with Crippen molar-refractivity contribution in [2.45, 2.75) is 19.8 Å². The van der Waals surface area contributed by atoms with Crippen molar-refractivity contribution in [3.05, 3.63) is 48.6 Å². The predicted molar refractivity (Wildman–Crippen MR) is 96.5 cm³/mol. The third kappa shape index (κ3) is 3.33. The zero-order chi connectivity index (χ0) is 17.3. The molecule has 5 nitrogen and oxygen atoms in total. The summed E-state index contributed by atoms with van der Waals surface area (Å²) in [5.41, 5.74) is 2.85. The molecule has 130 valence electrons. The van der Waals surface area contributed by atoms with E-state index in [-0.39, 0.29) is 11.3 Å². The van der Waals surface area contributed by atoms with Gasteiger partial charge in [0.1, 0.15) is 5.58 Å². The molecule has 2 N–H and O–H groups in total. The van der Waals surface area contributed by atoms with Gasteiger partial charge in [0.2, 0.25) is 0 Å². The molecule has 0 unspecified atom stereocenters. The van der Waals surface area contributed by atoms with Crippen molar-refractivity contribution in [1.82, 2.24) is 10.6 Å². The van der Waals surface area contributed by atoms with Crippen LogP contribution < -0.4 is 10.6 Å². The summed E-state index contributed by atoms with van der Waals surface area (Å²) in [6, 6.07) is 9.60. The van der Waals surface area contributed by atoms with E-state index >= 15 is 0 Å². The molecule has 1 saturated heterocycles. The largest absolute Gasteiger partial charge is 0.472 e. The van der Waals surface area contributed by atoms with E-state index in [4.69, 9.17) is 8.83 Å². The Morgan fingerprint density at radius 3 is 2.80 bits per heavy atom. The predicted octanol–water partition coefficient (Wildman–Crippen LogP) is 3.81. The first-order valence-corrected chi connectivity index (χ1v) is 8.68. The highest BCUT2D eigenvalue weighted by Gasteiger charge is 2.27. The Morgan fingerprint density at radius 1 is 1.20 bits per heavy atom. The van der Waals surface area contributed by atoms with Crippen LogP contribution in [0.2, 0.25) is 0 Å². The standard InChI is InChI=1S/C20H22N2O3/c1-20(5-7-21-8-6-20)13-22-19(23)18-11-15-3-2-14(10-17(15)25-18)16-4-9-24-12-16/h2-4,9-12,21H,5-8,13H2,1H3,(H,22,23). The van der Waals surface area contributed by atoms with Crippen molar-refractivity contribution < 1.29 is 13.6 Å². The van der Waals surface area contributed by atoms with Crippen LogP contribution in [-0.2, 0) is 0 Å². The Morgan fingerprint density at radius 2 is 2.04 bits per heavy atom. The molecule has 1 aliphatic heterocycles. The number of hydrogen-bond acceptors (Lipinski definition) is 4. The first-order chi connectivity index (χ1) is 12.1. The summed E-state index contributed by atoms with van der Waals surface area (Å²) in [7, 11) is 0. The maximum Gasteiger partial charge on any atom is 0.287 e. The Balaban J connectivity index is 1.50. The topological polar surface area (TPSA) is 67.4 Å². The van der Waals surface area contributed by atoms with Gasteiger partial charge in [-0.05, 0) is 55.1 Å². The summed E-state index contributed by atoms with van der Waals surface area (Å²) in [6.45, 7) is 4.91. The highest BCUT2D eigenvalue weighted by atomic mass is 16.3. The molecule has 2 aromatic heterocycles. The molecular formula is C20H22N2O3. The van der Waals surface area contributed by atoms with E-state index in [1.54, 1.807) is 18.6 Å². The molecule has 0 radical (unpaired) electrons. The molecule has 0 bridgehead atoms. The number of fused-ring (bicyclic) bond motifs is 1. The summed E-state index contributed by atoms with van der Waals surface area (Å²) < 4.78 is 10.9. The quantitative estimate of drug-likeness (QED) is 0.759. The van der Waals surface area contributed by atoms with E-state index in [9.17, 15) is 4.79 Å². The lowest BCUT2D eigenvalue weighted by atomic mass is 9.81. The minimum atomic E-state index is -0.152. The summed E-state index contributed by atoms with van der Waals surface area (Å²) in [4.78, 5) is 12.5. The monoisotopic (exact) mass is 338 g/mol. The number of nitrogens with one attached hydrogen (secondary N) is 2. The number of amides is 1. The first kappa shape index (κ1) is 16.0. The van der Waals surface area contributed by atoms with Crippen LogP contribution in [0, 0.1) is 5.41 Å². The average molecular weight is 338 g/mol. The smallest absolute Gasteiger partial charge is 0.287 e. The number of carbonyl (C=O) groups excluding carboxylic acids is 1. The SMILES string of the molecule is CC1(CNC(=O)c2cc3ccc(-c4ccoc4)cc3o2)CCNCC1. The fourth-order valence-corrected chi connectivity index (χ4v) is 3.34. The van der Waals surface area contributed by atoms with Gasteiger partial charge in [-0.25, -0.2) is 0 Å². The number of hydrogen-bond donors (Lipinski definition) is 2. The molecule has 3 heterocycles. The summed E-state index contributed by atoms with van der Waals surface area (Å²) in [5.74, 6) is 0.206. The van der Waals surface area contributed by atoms with Gasteiger partial charge in [-0.3, -0.25) is 4.79 Å². The molecule has 3 aromatic rings. The molecule has 4 rings (SSSR count). The van der Waals surface area contributed by atoms with E-state index in [1.165, 1.54) is 0 Å². The zero-order valence-electron chi connectivity index (χ0n) is 14.3. The lowest BCUT2D eigenvalue weighted by Gasteiger charge is -2.33. The van der Waals surface area contributed by atoms with E-state index in [0.717, 1.165) is 42.4 Å². The molecule has 25 heavy (non-hydrogen) atoms. The zero-order valence-corrected chi connectivity index (χ0v) is 14.3. The van der Waals surface area contributed by atoms with Crippen LogP contribution in [0.4, 0.5) is 0 Å². The van der Waals surface area contributed by atoms with E-state index in [2.05, 4.69) is 17.6 Å². The summed E-state index contributed by atoms with van der Waals surface area (Å²) >= 11 is 0. The minimum absolute atomic E-state index is 0.152. The fraction of sp³-hybridized carbons (Fsp3) is 0.350. The van der Waals surface area contributed by atoms with Crippen molar-refractivity contribution in [3.63, 3.8) is 0 Å². The van der Waals surface area contributed by atoms with Crippen LogP contribution in [0.1, 0.15) is 30.3 Å². The summed E-state index contributed by atoms with van der Waals surface area (Å²) in [6.07, 6.45) is 5.47. The van der Waals surface area contributed by atoms with Crippen LogP contribution in [0.25, 0.3) is 22.1 Å². The second-order valence-corrected chi connectivity index (χ2v) is 7.12. The number of piperidine rings is 1. The van der Waals surface area contributed by atoms with Crippen LogP contribution in [-0.4, -0.2) is 25.5 Å². The van der Waals surface area contributed by atoms with Gasteiger partial charge >= 0.3 is 0 Å². The average Bonchev–Trinajstić information content (AvgIpc) is 3.29. The molecule has 1 aliphatic rings. The minimum Gasteiger partial charge on any atom is -0.472 e. The van der Waals surface area contributed by atoms with Gasteiger partial charge in [-0.15, -0.1) is 0 Å². The highest BCUT2D eigenvalue weighted by molar-refractivity contribution is 5.96. The van der Waals surface area contributed by atoms with Gasteiger partial charge in [0, 0.05) is 17.5 Å². The Kier molecular flexibility index (Phi) is 4.09. The molecule has 5 heteroatoms. The fourth-order valence-electron chi connectivity index (χ4n) is 3.34. The van der Waals surface area contributed by atoms with Gasteiger partial charge in [0.05, 0.1) is 12.5 Å². The van der Waals surface area contributed by atoms with Crippen LogP contribution in [0.15, 0.2) is 51.7 Å². The molecular weight excluding hydrogens is 316 g/mol. The third-order valence-electron chi connectivity index (χ3n) is 5.08. The maximum atomic E-state index is 12.5. The maximum absolute atomic E-state index is 12.5. The van der Waals surface area contributed by atoms with Crippen molar-refractivity contribution in [1.29, 1.82) is 0 Å². The molecule has 0 aliphatic carbocycles. The summed E-state index contributed by atoms with van der Waals surface area (Å²) in [5, 5.41) is 7.31. The number of rotatable bonds is 4. The molecule has 0 atom stereocenters.